The molecule has 0 unspecified atom stereocenters. The smallest absolute Gasteiger partial charge is 0.286 e. The molecule has 1 saturated carbocycles. The van der Waals surface area contributed by atoms with Crippen molar-refractivity contribution in [2.75, 3.05) is 13.1 Å². The first-order chi connectivity index (χ1) is 14.4. The van der Waals surface area contributed by atoms with Crippen LogP contribution in [-0.4, -0.2) is 33.1 Å². The van der Waals surface area contributed by atoms with Crippen LogP contribution < -0.4 is 5.56 Å². The summed E-state index contributed by atoms with van der Waals surface area (Å²) in [5.74, 6) is 0.238. The van der Waals surface area contributed by atoms with Gasteiger partial charge in [0.2, 0.25) is 0 Å². The van der Waals surface area contributed by atoms with Crippen LogP contribution in [0.15, 0.2) is 35.1 Å². The summed E-state index contributed by atoms with van der Waals surface area (Å²) in [4.78, 5) is 27.8. The number of benzene rings is 1. The average Bonchev–Trinajstić information content (AvgIpc) is 2.98. The summed E-state index contributed by atoms with van der Waals surface area (Å²) in [6.45, 7) is 3.99. The first-order valence-corrected chi connectivity index (χ1v) is 11.6. The lowest BCUT2D eigenvalue weighted by molar-refractivity contribution is -0.124. The van der Waals surface area contributed by atoms with Crippen molar-refractivity contribution in [2.24, 2.45) is 7.05 Å². The zero-order chi connectivity index (χ0) is 21.3. The molecule has 2 aliphatic rings. The minimum Gasteiger partial charge on any atom is -0.299 e. The molecule has 2 aromatic rings. The van der Waals surface area contributed by atoms with Crippen molar-refractivity contribution in [3.63, 3.8) is 0 Å². The molecule has 5 nitrogen and oxygen atoms in total. The highest BCUT2D eigenvalue weighted by molar-refractivity contribution is 6.31. The second-order valence-corrected chi connectivity index (χ2v) is 9.38. The monoisotopic (exact) mass is 429 g/mol. The second kappa shape index (κ2) is 8.72. The number of hydrogen-bond donors (Lipinski definition) is 0. The van der Waals surface area contributed by atoms with Crippen molar-refractivity contribution >= 4 is 17.4 Å². The van der Waals surface area contributed by atoms with Crippen LogP contribution >= 0.6 is 11.6 Å². The zero-order valence-corrected chi connectivity index (χ0v) is 18.8. The standard InChI is InChI=1S/C24H32ClN3O2/c1-18(29)24(19-9-5-3-6-10-19)13-15-27(16-14-24)17-21-22(25)23(30)28(26(21)2)20-11-7-4-8-12-20/h3,5-6,9-10,20H,4,7-8,11-17H2,1-2H3. The SMILES string of the molecule is CC(=O)C1(c2ccccc2)CCN(Cc2c(Cl)c(=O)n(C3CCCCC3)n2C)CC1. The molecule has 6 heteroatoms. The van der Waals surface area contributed by atoms with Gasteiger partial charge >= 0.3 is 0 Å². The number of likely N-dealkylation sites (tertiary alicyclic amines) is 1. The molecule has 1 aliphatic heterocycles. The Kier molecular flexibility index (Phi) is 6.21. The first kappa shape index (κ1) is 21.4. The summed E-state index contributed by atoms with van der Waals surface area (Å²) in [6.07, 6.45) is 7.29. The highest BCUT2D eigenvalue weighted by Gasteiger charge is 2.40. The number of aromatic nitrogens is 2. The number of nitrogens with zero attached hydrogens (tertiary/aromatic N) is 3. The van der Waals surface area contributed by atoms with E-state index >= 15 is 0 Å². The quantitative estimate of drug-likeness (QED) is 0.704. The van der Waals surface area contributed by atoms with Gasteiger partial charge in [-0.25, -0.2) is 4.68 Å². The van der Waals surface area contributed by atoms with Crippen LogP contribution in [0, 0.1) is 0 Å². The summed E-state index contributed by atoms with van der Waals surface area (Å²) in [5, 5.41) is 0.356. The fourth-order valence-electron chi connectivity index (χ4n) is 5.45. The minimum atomic E-state index is -0.401. The highest BCUT2D eigenvalue weighted by atomic mass is 35.5. The van der Waals surface area contributed by atoms with Crippen LogP contribution in [0.4, 0.5) is 0 Å². The van der Waals surface area contributed by atoms with Gasteiger partial charge in [0, 0.05) is 13.6 Å². The van der Waals surface area contributed by atoms with E-state index in [0.717, 1.165) is 50.0 Å². The molecule has 162 valence electrons. The number of halogens is 1. The third-order valence-electron chi connectivity index (χ3n) is 7.37. The highest BCUT2D eigenvalue weighted by Crippen LogP contribution is 2.37. The second-order valence-electron chi connectivity index (χ2n) is 9.01. The molecule has 30 heavy (non-hydrogen) atoms. The van der Waals surface area contributed by atoms with Gasteiger partial charge in [-0.2, -0.15) is 0 Å². The zero-order valence-electron chi connectivity index (χ0n) is 18.1. The van der Waals surface area contributed by atoms with E-state index in [1.807, 2.05) is 34.6 Å². The number of carbonyl (C=O) groups is 1. The Hall–Kier alpha value is -1.85. The molecular weight excluding hydrogens is 398 g/mol. The van der Waals surface area contributed by atoms with Crippen molar-refractivity contribution in [1.29, 1.82) is 0 Å². The number of hydrogen-bond acceptors (Lipinski definition) is 3. The van der Waals surface area contributed by atoms with Crippen molar-refractivity contribution in [2.45, 2.75) is 69.9 Å². The van der Waals surface area contributed by atoms with E-state index in [1.54, 1.807) is 6.92 Å². The van der Waals surface area contributed by atoms with Gasteiger partial charge in [0.05, 0.1) is 17.2 Å². The molecule has 0 amide bonds. The van der Waals surface area contributed by atoms with Crippen LogP contribution in [0.3, 0.4) is 0 Å². The molecule has 1 aromatic carbocycles. The van der Waals surface area contributed by atoms with Crippen LogP contribution in [0.1, 0.15) is 69.2 Å². The Labute approximate surface area is 183 Å². The van der Waals surface area contributed by atoms with Gasteiger partial charge in [-0.05, 0) is 51.3 Å². The lowest BCUT2D eigenvalue weighted by Crippen LogP contribution is -2.46. The number of piperidine rings is 1. The van der Waals surface area contributed by atoms with E-state index in [9.17, 15) is 9.59 Å². The molecule has 0 bridgehead atoms. The number of Topliss-reactive ketones (excluding diaryl/α,β-unsaturated/α-hetero) is 1. The maximum atomic E-state index is 12.9. The first-order valence-electron chi connectivity index (χ1n) is 11.2. The van der Waals surface area contributed by atoms with Crippen LogP contribution in [-0.2, 0) is 23.8 Å². The van der Waals surface area contributed by atoms with Crippen LogP contribution in [0.5, 0.6) is 0 Å². The van der Waals surface area contributed by atoms with Gasteiger partial charge < -0.3 is 0 Å². The van der Waals surface area contributed by atoms with E-state index in [-0.39, 0.29) is 17.4 Å². The fraction of sp³-hybridized carbons (Fsp3) is 0.583. The average molecular weight is 430 g/mol. The number of ketones is 1. The predicted molar refractivity (Wildman–Crippen MR) is 120 cm³/mol. The van der Waals surface area contributed by atoms with E-state index in [1.165, 1.54) is 19.3 Å². The Bertz CT molecular complexity index is 949. The topological polar surface area (TPSA) is 47.2 Å². The normalized spacial score (nSPS) is 20.4. The maximum absolute atomic E-state index is 12.9. The summed E-state index contributed by atoms with van der Waals surface area (Å²) in [6, 6.07) is 10.4. The third-order valence-corrected chi connectivity index (χ3v) is 7.75. The largest absolute Gasteiger partial charge is 0.299 e. The van der Waals surface area contributed by atoms with Crippen molar-refractivity contribution in [3.05, 3.63) is 57.0 Å². The lowest BCUT2D eigenvalue weighted by Gasteiger charge is -2.40. The summed E-state index contributed by atoms with van der Waals surface area (Å²) < 4.78 is 3.87. The maximum Gasteiger partial charge on any atom is 0.286 e. The van der Waals surface area contributed by atoms with E-state index < -0.39 is 5.41 Å². The van der Waals surface area contributed by atoms with Gasteiger partial charge in [-0.3, -0.25) is 19.2 Å². The number of carbonyl (C=O) groups excluding carboxylic acids is 1. The van der Waals surface area contributed by atoms with Gasteiger partial charge in [0.25, 0.3) is 5.56 Å². The van der Waals surface area contributed by atoms with Crippen LogP contribution in [0.25, 0.3) is 0 Å². The van der Waals surface area contributed by atoms with Crippen molar-refractivity contribution < 1.29 is 4.79 Å². The Balaban J connectivity index is 1.52. The molecule has 1 aromatic heterocycles. The molecule has 2 fully saturated rings. The Morgan fingerprint density at radius 3 is 2.33 bits per heavy atom. The Morgan fingerprint density at radius 2 is 1.73 bits per heavy atom. The third kappa shape index (κ3) is 3.78. The number of rotatable bonds is 5. The van der Waals surface area contributed by atoms with Crippen LogP contribution in [0.2, 0.25) is 5.02 Å². The van der Waals surface area contributed by atoms with Gasteiger partial charge in [0.15, 0.2) is 0 Å². The fourth-order valence-corrected chi connectivity index (χ4v) is 5.71. The van der Waals surface area contributed by atoms with E-state index in [2.05, 4.69) is 17.0 Å². The van der Waals surface area contributed by atoms with Gasteiger partial charge in [-0.15, -0.1) is 0 Å². The van der Waals surface area contributed by atoms with Gasteiger partial charge in [0.1, 0.15) is 10.8 Å². The molecule has 0 spiro atoms. The van der Waals surface area contributed by atoms with E-state index in [4.69, 9.17) is 11.6 Å². The van der Waals surface area contributed by atoms with Crippen molar-refractivity contribution in [3.8, 4) is 0 Å². The van der Waals surface area contributed by atoms with Crippen molar-refractivity contribution in [1.82, 2.24) is 14.3 Å². The molecule has 1 saturated heterocycles. The lowest BCUT2D eigenvalue weighted by atomic mass is 9.70. The Morgan fingerprint density at radius 1 is 1.10 bits per heavy atom. The molecule has 0 atom stereocenters. The summed E-state index contributed by atoms with van der Waals surface area (Å²) >= 11 is 6.53. The molecule has 4 rings (SSSR count). The molecule has 2 heterocycles. The molecule has 0 radical (unpaired) electrons. The van der Waals surface area contributed by atoms with Gasteiger partial charge in [-0.1, -0.05) is 61.2 Å². The minimum absolute atomic E-state index is 0.0551. The van der Waals surface area contributed by atoms with E-state index in [0.29, 0.717) is 11.6 Å². The summed E-state index contributed by atoms with van der Waals surface area (Å²) in [5.41, 5.74) is 1.55. The molecular formula is C24H32ClN3O2. The molecule has 0 N–H and O–H groups in total. The predicted octanol–water partition coefficient (Wildman–Crippen LogP) is 4.47. The molecule has 1 aliphatic carbocycles. The summed E-state index contributed by atoms with van der Waals surface area (Å²) in [7, 11) is 1.96.